The molecule has 7 amide bonds. The minimum atomic E-state index is -1.49. The van der Waals surface area contributed by atoms with E-state index in [1.165, 1.54) is 30.5 Å². The first-order valence-corrected chi connectivity index (χ1v) is 25.9. The van der Waals surface area contributed by atoms with Crippen molar-refractivity contribution in [3.63, 3.8) is 0 Å². The second-order valence-corrected chi connectivity index (χ2v) is 19.4. The minimum absolute atomic E-state index is 0.0113. The van der Waals surface area contributed by atoms with E-state index >= 15 is 4.39 Å². The summed E-state index contributed by atoms with van der Waals surface area (Å²) in [4.78, 5) is 104. The summed E-state index contributed by atoms with van der Waals surface area (Å²) in [7, 11) is 1.54. The van der Waals surface area contributed by atoms with Crippen LogP contribution < -0.4 is 46.8 Å². The van der Waals surface area contributed by atoms with Gasteiger partial charge in [0, 0.05) is 75.3 Å². The number of hydrogen-bond acceptors (Lipinski definition) is 14. The highest BCUT2D eigenvalue weighted by Crippen LogP contribution is 2.31. The number of amides is 7. The van der Waals surface area contributed by atoms with Crippen LogP contribution in [-0.2, 0) is 43.6 Å². The zero-order chi connectivity index (χ0) is 55.0. The number of rotatable bonds is 25. The lowest BCUT2D eigenvalue weighted by atomic mass is 10.0. The number of ether oxygens (including phenoxy) is 4. The fourth-order valence-electron chi connectivity index (χ4n) is 9.26. The van der Waals surface area contributed by atoms with Gasteiger partial charge in [-0.05, 0) is 73.9 Å². The van der Waals surface area contributed by atoms with Gasteiger partial charge in [-0.3, -0.25) is 38.8 Å². The highest BCUT2D eigenvalue weighted by Gasteiger charge is 2.37. The smallest absolute Gasteiger partial charge is 0.410 e. The number of urea groups is 1. The Balaban J connectivity index is 0.951. The molecule has 3 aliphatic rings. The molecule has 1 fully saturated rings. The van der Waals surface area contributed by atoms with E-state index in [2.05, 4.69) is 37.8 Å². The number of primary amides is 1. The van der Waals surface area contributed by atoms with E-state index < -0.39 is 48.2 Å². The van der Waals surface area contributed by atoms with Crippen LogP contribution >= 0.6 is 0 Å². The molecule has 0 radical (unpaired) electrons. The summed E-state index contributed by atoms with van der Waals surface area (Å²) in [6, 6.07) is 9.77. The van der Waals surface area contributed by atoms with Gasteiger partial charge in [-0.25, -0.2) is 19.0 Å². The number of pyridine rings is 1. The Bertz CT molecular complexity index is 2850. The molecule has 4 aromatic rings. The van der Waals surface area contributed by atoms with Gasteiger partial charge in [0.05, 0.1) is 48.8 Å². The van der Waals surface area contributed by atoms with Crippen molar-refractivity contribution in [2.45, 2.75) is 103 Å². The molecule has 0 aliphatic carbocycles. The molecule has 0 saturated carbocycles. The summed E-state index contributed by atoms with van der Waals surface area (Å²) in [6.45, 7) is 9.49. The van der Waals surface area contributed by atoms with E-state index in [1.54, 1.807) is 77.9 Å². The number of nitrogens with one attached hydrogen (secondary N) is 4. The van der Waals surface area contributed by atoms with Gasteiger partial charge in [-0.1, -0.05) is 39.0 Å². The predicted molar refractivity (Wildman–Crippen MR) is 282 cm³/mol. The number of benzene rings is 2. The molecule has 0 spiro atoms. The Labute approximate surface area is 445 Å². The van der Waals surface area contributed by atoms with E-state index in [0.717, 1.165) is 0 Å². The predicted octanol–water partition coefficient (Wildman–Crippen LogP) is 4.31. The van der Waals surface area contributed by atoms with Gasteiger partial charge in [0.2, 0.25) is 17.7 Å². The average molecular weight is 1070 g/mol. The number of halogens is 1. The third-order valence-corrected chi connectivity index (χ3v) is 13.5. The Hall–Kier alpha value is -8.08. The maximum Gasteiger partial charge on any atom is 0.410 e. The molecular weight excluding hydrogens is 998 g/mol. The highest BCUT2D eigenvalue weighted by atomic mass is 19.1. The fraction of sp³-hybridized carbons (Fsp3) is 0.463. The summed E-state index contributed by atoms with van der Waals surface area (Å²) >= 11 is 0. The van der Waals surface area contributed by atoms with Crippen molar-refractivity contribution in [1.82, 2.24) is 45.2 Å². The highest BCUT2D eigenvalue weighted by molar-refractivity contribution is 5.98. The SMILES string of the molecule is C=C1C=CC(=O)N1CCCCCC(=O)N[C@H](C(=O)N[C@@H](CCCNC(N)=O)C(=O)Nc1ccc(COC(=O)N(Cc2cc3c(cn2)OCCO3)[C@@H]2CCN(CCn3c(=O)cnc4ccc(OC)cc43)C[C@H]2F)cc1)C(C)C. The molecule has 23 heteroatoms. The lowest BCUT2D eigenvalue weighted by Crippen LogP contribution is -2.54. The van der Waals surface area contributed by atoms with Crippen molar-refractivity contribution in [3.05, 3.63) is 107 Å². The first-order valence-electron chi connectivity index (χ1n) is 25.9. The van der Waals surface area contributed by atoms with Crippen LogP contribution in [-0.4, -0.2) is 142 Å². The Kier molecular flexibility index (Phi) is 19.9. The van der Waals surface area contributed by atoms with Crippen molar-refractivity contribution in [2.75, 3.05) is 58.4 Å². The summed E-state index contributed by atoms with van der Waals surface area (Å²) in [5, 5.41) is 10.9. The van der Waals surface area contributed by atoms with E-state index in [1.807, 2.05) is 4.90 Å². The number of nitrogens with zero attached hydrogens (tertiary/aromatic N) is 6. The molecule has 4 atom stereocenters. The van der Waals surface area contributed by atoms with E-state index in [-0.39, 0.29) is 81.8 Å². The van der Waals surface area contributed by atoms with Gasteiger partial charge in [0.15, 0.2) is 11.5 Å². The molecule has 77 heavy (non-hydrogen) atoms. The minimum Gasteiger partial charge on any atom is -0.497 e. The maximum absolute atomic E-state index is 16.5. The fourth-order valence-corrected chi connectivity index (χ4v) is 9.26. The molecule has 7 rings (SSSR count). The zero-order valence-electron chi connectivity index (χ0n) is 43.7. The number of allylic oxidation sites excluding steroid dienone is 1. The van der Waals surface area contributed by atoms with Crippen LogP contribution in [0.25, 0.3) is 11.0 Å². The first-order chi connectivity index (χ1) is 37.1. The number of likely N-dealkylation sites (tertiary alicyclic amines) is 1. The van der Waals surface area contributed by atoms with Crippen LogP contribution in [0.2, 0.25) is 0 Å². The molecule has 0 unspecified atom stereocenters. The number of piperidine rings is 1. The second kappa shape index (κ2) is 27.1. The number of aromatic nitrogens is 3. The number of alkyl halides is 1. The number of carbonyl (C=O) groups is 6. The van der Waals surface area contributed by atoms with Gasteiger partial charge in [0.25, 0.3) is 11.5 Å². The lowest BCUT2D eigenvalue weighted by molar-refractivity contribution is -0.132. The third-order valence-electron chi connectivity index (χ3n) is 13.5. The third kappa shape index (κ3) is 15.7. The van der Waals surface area contributed by atoms with Gasteiger partial charge < -0.3 is 55.4 Å². The van der Waals surface area contributed by atoms with E-state index in [9.17, 15) is 33.6 Å². The molecule has 2 aromatic carbocycles. The molecular formula is C54H68FN11O11. The molecule has 22 nitrogen and oxygen atoms in total. The van der Waals surface area contributed by atoms with Crippen molar-refractivity contribution in [3.8, 4) is 17.2 Å². The molecule has 6 N–H and O–H groups in total. The van der Waals surface area contributed by atoms with Crippen molar-refractivity contribution in [2.24, 2.45) is 11.7 Å². The van der Waals surface area contributed by atoms with E-state index in [0.29, 0.717) is 103 Å². The molecule has 1 saturated heterocycles. The van der Waals surface area contributed by atoms with Gasteiger partial charge in [-0.15, -0.1) is 0 Å². The van der Waals surface area contributed by atoms with Crippen LogP contribution in [0.15, 0.2) is 90.1 Å². The van der Waals surface area contributed by atoms with Crippen LogP contribution in [0.5, 0.6) is 17.2 Å². The van der Waals surface area contributed by atoms with Crippen LogP contribution in [0.1, 0.15) is 70.1 Å². The summed E-state index contributed by atoms with van der Waals surface area (Å²) in [5.74, 6) is -0.417. The summed E-state index contributed by atoms with van der Waals surface area (Å²) in [5.41, 5.74) is 8.15. The Morgan fingerprint density at radius 2 is 1.69 bits per heavy atom. The molecule has 5 heterocycles. The van der Waals surface area contributed by atoms with Gasteiger partial charge in [-0.2, -0.15) is 0 Å². The normalized spacial score (nSPS) is 16.9. The van der Waals surface area contributed by atoms with Crippen LogP contribution in [0, 0.1) is 5.92 Å². The molecule has 0 bridgehead atoms. The van der Waals surface area contributed by atoms with Crippen molar-refractivity contribution >= 4 is 52.5 Å². The lowest BCUT2D eigenvalue weighted by Gasteiger charge is -2.40. The number of methoxy groups -OCH3 is 1. The van der Waals surface area contributed by atoms with Gasteiger partial charge in [0.1, 0.15) is 43.8 Å². The quantitative estimate of drug-likeness (QED) is 0.0580. The van der Waals surface area contributed by atoms with Gasteiger partial charge >= 0.3 is 12.1 Å². The largest absolute Gasteiger partial charge is 0.497 e. The number of unbranched alkanes of at least 4 members (excludes halogenated alkanes) is 2. The van der Waals surface area contributed by atoms with Crippen molar-refractivity contribution in [1.29, 1.82) is 0 Å². The molecule has 3 aliphatic heterocycles. The summed E-state index contributed by atoms with van der Waals surface area (Å²) in [6.07, 6.45) is 6.32. The monoisotopic (exact) mass is 1070 g/mol. The second-order valence-electron chi connectivity index (χ2n) is 19.4. The standard InChI is InChI=1S/C54H68FN11O11/c1-34(2)50(62-47(67)10-6-5-7-21-64-35(3)11-18-48(64)68)52(71)61-42(9-8-20-57-53(56)72)51(70)60-37-14-12-36(13-15-37)33-77-54(73)66(31-38-27-45-46(29-58-38)76-26-25-75-45)43-19-22-63(32-40(43)55)23-24-65-44-28-39(74-4)16-17-41(44)59-30-49(65)69/h11-18,27-30,34,40,42-43,50H,3,5-10,19-26,31-33H2,1-2,4H3,(H,60,70)(H,61,71)(H,62,67)(H3,56,57,72)/t40-,42+,43-,50+/m1/s1. The number of fused-ring (bicyclic) bond motifs is 2. The Morgan fingerprint density at radius 3 is 2.40 bits per heavy atom. The number of anilines is 1. The average Bonchev–Trinajstić information content (AvgIpc) is 3.74. The van der Waals surface area contributed by atoms with Crippen LogP contribution in [0.3, 0.4) is 0 Å². The summed E-state index contributed by atoms with van der Waals surface area (Å²) < 4.78 is 40.7. The van der Waals surface area contributed by atoms with Crippen molar-refractivity contribution < 1.29 is 52.1 Å². The molecule has 412 valence electrons. The molecule has 2 aromatic heterocycles. The zero-order valence-corrected chi connectivity index (χ0v) is 43.7. The van der Waals surface area contributed by atoms with E-state index in [4.69, 9.17) is 24.7 Å². The topological polar surface area (TPSA) is 271 Å². The van der Waals surface area contributed by atoms with Crippen LogP contribution in [0.4, 0.5) is 19.7 Å². The Morgan fingerprint density at radius 1 is 0.909 bits per heavy atom. The first kappa shape index (κ1) is 56.6. The number of carbonyl (C=O) groups excluding carboxylic acids is 6. The number of hydrogen-bond donors (Lipinski definition) is 5. The number of nitrogens with two attached hydrogens (primary N) is 1. The maximum atomic E-state index is 16.5.